The van der Waals surface area contributed by atoms with Crippen molar-refractivity contribution < 1.29 is 4.79 Å². The van der Waals surface area contributed by atoms with Crippen LogP contribution >= 0.6 is 0 Å². The van der Waals surface area contributed by atoms with Crippen LogP contribution in [0.3, 0.4) is 0 Å². The molecule has 11 heteroatoms. The van der Waals surface area contributed by atoms with Gasteiger partial charge in [0.25, 0.3) is 11.5 Å². The molecule has 1 amide bonds. The summed E-state index contributed by atoms with van der Waals surface area (Å²) in [5.41, 5.74) is 9.15. The van der Waals surface area contributed by atoms with E-state index in [1.54, 1.807) is 65.4 Å². The molecule has 6 rings (SSSR count). The quantitative estimate of drug-likeness (QED) is 0.335. The lowest BCUT2D eigenvalue weighted by atomic mass is 10.1. The molecule has 1 aromatic carbocycles. The van der Waals surface area contributed by atoms with Crippen molar-refractivity contribution in [2.45, 2.75) is 13.0 Å². The van der Waals surface area contributed by atoms with Crippen LogP contribution in [0.15, 0.2) is 84.3 Å². The number of nitrogens with one attached hydrogen (secondary N) is 1. The maximum absolute atomic E-state index is 14.1. The molecule has 0 fully saturated rings. The van der Waals surface area contributed by atoms with Gasteiger partial charge in [-0.3, -0.25) is 23.8 Å². The van der Waals surface area contributed by atoms with Crippen molar-refractivity contribution in [3.05, 3.63) is 112 Å². The van der Waals surface area contributed by atoms with E-state index in [-0.39, 0.29) is 16.9 Å². The van der Waals surface area contributed by atoms with E-state index in [2.05, 4.69) is 37.3 Å². The summed E-state index contributed by atoms with van der Waals surface area (Å²) in [6.45, 7) is 1.79. The number of fused-ring (bicyclic) bond motifs is 2. The molecular formula is C29H23N9O2. The summed E-state index contributed by atoms with van der Waals surface area (Å²) in [5.74, 6) is 5.76. The number of nitrogen functional groups attached to an aromatic ring is 1. The second-order valence-corrected chi connectivity index (χ2v) is 9.16. The largest absolute Gasteiger partial charge is 0.381 e. The Morgan fingerprint density at radius 1 is 1.07 bits per heavy atom. The summed E-state index contributed by atoms with van der Waals surface area (Å²) in [6.07, 6.45) is 8.30. The fourth-order valence-corrected chi connectivity index (χ4v) is 4.60. The van der Waals surface area contributed by atoms with E-state index in [1.165, 1.54) is 4.52 Å². The Morgan fingerprint density at radius 3 is 2.67 bits per heavy atom. The van der Waals surface area contributed by atoms with Crippen molar-refractivity contribution in [1.82, 2.24) is 39.2 Å². The number of hydrogen-bond donors (Lipinski definition) is 2. The average Bonchev–Trinajstić information content (AvgIpc) is 3.53. The average molecular weight is 530 g/mol. The number of amides is 1. The van der Waals surface area contributed by atoms with E-state index in [4.69, 9.17) is 5.73 Å². The van der Waals surface area contributed by atoms with Gasteiger partial charge in [-0.1, -0.05) is 30.0 Å². The van der Waals surface area contributed by atoms with Crippen LogP contribution in [0.2, 0.25) is 0 Å². The summed E-state index contributed by atoms with van der Waals surface area (Å²) in [6, 6.07) is 13.8. The third kappa shape index (κ3) is 4.33. The molecule has 0 aliphatic rings. The van der Waals surface area contributed by atoms with Crippen LogP contribution in [0.5, 0.6) is 0 Å². The number of carbonyl (C=O) groups is 1. The standard InChI is InChI=1S/C29H23N9O2/c1-18(34-28(39)25-26(30)35-37-14-6-12-32-27(25)37)23-15-22-24(29(40)38(23)21-7-4-3-5-8-21)20(11-13-31-22)10-9-19-16-33-36(2)17-19/h3-8,11-18H,1-2H3,(H2,30,35)(H,34,39). The van der Waals surface area contributed by atoms with E-state index >= 15 is 0 Å². The van der Waals surface area contributed by atoms with Crippen LogP contribution in [0.1, 0.15) is 40.1 Å². The van der Waals surface area contributed by atoms with E-state index in [1.807, 2.05) is 37.4 Å². The minimum Gasteiger partial charge on any atom is -0.381 e. The van der Waals surface area contributed by atoms with Crippen LogP contribution in [-0.4, -0.2) is 39.8 Å². The number of aromatic nitrogens is 7. The van der Waals surface area contributed by atoms with Crippen LogP contribution in [0, 0.1) is 11.8 Å². The van der Waals surface area contributed by atoms with Gasteiger partial charge in [-0.15, -0.1) is 5.10 Å². The minimum absolute atomic E-state index is 0.0564. The smallest absolute Gasteiger partial charge is 0.266 e. The van der Waals surface area contributed by atoms with Gasteiger partial charge in [0.15, 0.2) is 11.5 Å². The monoisotopic (exact) mass is 529 g/mol. The number of rotatable bonds is 4. The first kappa shape index (κ1) is 24.6. The molecule has 0 aliphatic heterocycles. The summed E-state index contributed by atoms with van der Waals surface area (Å²) in [5, 5.41) is 11.7. The second kappa shape index (κ2) is 9.85. The molecule has 0 aliphatic carbocycles. The Hall–Kier alpha value is -5.76. The number of aryl methyl sites for hydroxylation is 1. The number of nitrogens with two attached hydrogens (primary N) is 1. The normalized spacial score (nSPS) is 11.8. The molecule has 6 aromatic rings. The summed E-state index contributed by atoms with van der Waals surface area (Å²) >= 11 is 0. The van der Waals surface area contributed by atoms with Crippen LogP contribution < -0.4 is 16.6 Å². The molecule has 3 N–H and O–H groups in total. The van der Waals surface area contributed by atoms with Gasteiger partial charge in [0.05, 0.1) is 34.4 Å². The molecule has 1 atom stereocenters. The lowest BCUT2D eigenvalue weighted by Crippen LogP contribution is -2.32. The Morgan fingerprint density at radius 2 is 1.90 bits per heavy atom. The van der Waals surface area contributed by atoms with Crippen LogP contribution in [0.25, 0.3) is 22.2 Å². The Labute approximate surface area is 227 Å². The zero-order valence-electron chi connectivity index (χ0n) is 21.6. The molecule has 196 valence electrons. The number of hydrogen-bond acceptors (Lipinski definition) is 7. The molecule has 11 nitrogen and oxygen atoms in total. The molecule has 1 unspecified atom stereocenters. The summed E-state index contributed by atoms with van der Waals surface area (Å²) in [7, 11) is 1.81. The Bertz CT molecular complexity index is 2030. The van der Waals surface area contributed by atoms with E-state index in [0.29, 0.717) is 33.5 Å². The van der Waals surface area contributed by atoms with Crippen molar-refractivity contribution in [2.24, 2.45) is 7.05 Å². The van der Waals surface area contributed by atoms with Gasteiger partial charge in [-0.25, -0.2) is 9.50 Å². The SMILES string of the molecule is CC(NC(=O)c1c(N)nn2cccnc12)c1cc2nccc(C#Cc3cnn(C)c3)c2c(=O)n1-c1ccccc1. The maximum atomic E-state index is 14.1. The maximum Gasteiger partial charge on any atom is 0.266 e. The summed E-state index contributed by atoms with van der Waals surface area (Å²) < 4.78 is 4.68. The lowest BCUT2D eigenvalue weighted by molar-refractivity contribution is 0.0941. The molecule has 0 bridgehead atoms. The van der Waals surface area contributed by atoms with E-state index < -0.39 is 11.9 Å². The second-order valence-electron chi connectivity index (χ2n) is 9.16. The molecule has 0 saturated carbocycles. The third-order valence-corrected chi connectivity index (χ3v) is 6.44. The highest BCUT2D eigenvalue weighted by Gasteiger charge is 2.24. The number of benzene rings is 1. The van der Waals surface area contributed by atoms with Gasteiger partial charge < -0.3 is 11.1 Å². The fourth-order valence-electron chi connectivity index (χ4n) is 4.60. The number of nitrogens with zero attached hydrogens (tertiary/aromatic N) is 7. The van der Waals surface area contributed by atoms with Crippen LogP contribution in [0.4, 0.5) is 5.82 Å². The first-order chi connectivity index (χ1) is 19.4. The van der Waals surface area contributed by atoms with Crippen molar-refractivity contribution >= 4 is 28.3 Å². The highest BCUT2D eigenvalue weighted by molar-refractivity contribution is 6.04. The summed E-state index contributed by atoms with van der Waals surface area (Å²) in [4.78, 5) is 36.2. The Balaban J connectivity index is 1.48. The number of carbonyl (C=O) groups excluding carboxylic acids is 1. The molecule has 40 heavy (non-hydrogen) atoms. The molecule has 0 radical (unpaired) electrons. The fraction of sp³-hybridized carbons (Fsp3) is 0.103. The number of para-hydroxylation sites is 1. The van der Waals surface area contributed by atoms with Gasteiger partial charge in [-0.05, 0) is 37.3 Å². The first-order valence-corrected chi connectivity index (χ1v) is 12.4. The highest BCUT2D eigenvalue weighted by atomic mass is 16.2. The van der Waals surface area contributed by atoms with Crippen molar-refractivity contribution in [3.8, 4) is 17.5 Å². The molecule has 0 spiro atoms. The predicted molar refractivity (Wildman–Crippen MR) is 150 cm³/mol. The first-order valence-electron chi connectivity index (χ1n) is 12.4. The molecular weight excluding hydrogens is 506 g/mol. The minimum atomic E-state index is -0.616. The zero-order valence-corrected chi connectivity index (χ0v) is 21.6. The van der Waals surface area contributed by atoms with E-state index in [0.717, 1.165) is 5.56 Å². The van der Waals surface area contributed by atoms with Crippen molar-refractivity contribution in [3.63, 3.8) is 0 Å². The van der Waals surface area contributed by atoms with Gasteiger partial charge in [0.1, 0.15) is 5.56 Å². The van der Waals surface area contributed by atoms with Crippen molar-refractivity contribution in [1.29, 1.82) is 0 Å². The molecule has 5 aromatic heterocycles. The topological polar surface area (TPSA) is 138 Å². The van der Waals surface area contributed by atoms with Gasteiger partial charge in [-0.2, -0.15) is 5.10 Å². The van der Waals surface area contributed by atoms with Crippen molar-refractivity contribution in [2.75, 3.05) is 5.73 Å². The van der Waals surface area contributed by atoms with Crippen LogP contribution in [-0.2, 0) is 7.05 Å². The van der Waals surface area contributed by atoms with Gasteiger partial charge in [0, 0.05) is 43.1 Å². The van der Waals surface area contributed by atoms with Gasteiger partial charge in [0.2, 0.25) is 0 Å². The highest BCUT2D eigenvalue weighted by Crippen LogP contribution is 2.23. The van der Waals surface area contributed by atoms with Gasteiger partial charge >= 0.3 is 0 Å². The number of anilines is 1. The predicted octanol–water partition coefficient (Wildman–Crippen LogP) is 2.63. The van der Waals surface area contributed by atoms with E-state index in [9.17, 15) is 9.59 Å². The third-order valence-electron chi connectivity index (χ3n) is 6.44. The Kier molecular flexibility index (Phi) is 6.05. The molecule has 0 saturated heterocycles. The zero-order chi connectivity index (χ0) is 27.8. The molecule has 5 heterocycles. The lowest BCUT2D eigenvalue weighted by Gasteiger charge is -2.21. The number of pyridine rings is 2.